The first-order valence-electron chi connectivity index (χ1n) is 4.83. The number of halogens is 1. The van der Waals surface area contributed by atoms with Crippen LogP contribution in [-0.2, 0) is 6.61 Å². The number of para-hydroxylation sites is 2. The van der Waals surface area contributed by atoms with Gasteiger partial charge < -0.3 is 10.5 Å². The fourth-order valence-corrected chi connectivity index (χ4v) is 1.46. The molecule has 0 amide bonds. The van der Waals surface area contributed by atoms with Gasteiger partial charge in [0.25, 0.3) is 0 Å². The second-order valence-electron chi connectivity index (χ2n) is 3.29. The Kier molecular flexibility index (Phi) is 3.27. The monoisotopic (exact) mass is 234 g/mol. The van der Waals surface area contributed by atoms with Crippen LogP contribution in [0, 0.1) is 0 Å². The molecule has 0 unspecified atom stereocenters. The third-order valence-electron chi connectivity index (χ3n) is 2.16. The van der Waals surface area contributed by atoms with Gasteiger partial charge in [0.1, 0.15) is 12.4 Å². The first-order valence-corrected chi connectivity index (χ1v) is 5.21. The number of anilines is 1. The first kappa shape index (κ1) is 10.8. The number of aromatic nitrogens is 1. The summed E-state index contributed by atoms with van der Waals surface area (Å²) in [5, 5.41) is 0.594. The van der Waals surface area contributed by atoms with Crippen molar-refractivity contribution in [2.24, 2.45) is 0 Å². The topological polar surface area (TPSA) is 48.1 Å². The zero-order valence-corrected chi connectivity index (χ0v) is 9.32. The molecule has 2 N–H and O–H groups in total. The number of hydrogen-bond acceptors (Lipinski definition) is 3. The molecule has 0 aliphatic heterocycles. The lowest BCUT2D eigenvalue weighted by atomic mass is 10.3. The summed E-state index contributed by atoms with van der Waals surface area (Å²) in [6.07, 6.45) is 3.27. The van der Waals surface area contributed by atoms with Gasteiger partial charge in [-0.3, -0.25) is 4.98 Å². The van der Waals surface area contributed by atoms with E-state index in [0.29, 0.717) is 23.1 Å². The number of ether oxygens (including phenoxy) is 1. The Labute approximate surface area is 98.8 Å². The number of nitrogens with zero attached hydrogens (tertiary/aromatic N) is 1. The Morgan fingerprint density at radius 2 is 2.06 bits per heavy atom. The molecule has 4 heteroatoms. The van der Waals surface area contributed by atoms with Crippen LogP contribution in [0.2, 0.25) is 5.02 Å². The second kappa shape index (κ2) is 4.86. The highest BCUT2D eigenvalue weighted by molar-refractivity contribution is 6.31. The van der Waals surface area contributed by atoms with Crippen LogP contribution in [0.3, 0.4) is 0 Å². The summed E-state index contributed by atoms with van der Waals surface area (Å²) in [4.78, 5) is 3.91. The number of nitrogen functional groups attached to an aromatic ring is 1. The number of pyridine rings is 1. The van der Waals surface area contributed by atoms with Crippen molar-refractivity contribution in [3.8, 4) is 5.75 Å². The summed E-state index contributed by atoms with van der Waals surface area (Å²) in [6.45, 7) is 0.384. The maximum absolute atomic E-state index is 5.96. The molecule has 0 radical (unpaired) electrons. The van der Waals surface area contributed by atoms with Gasteiger partial charge in [0.05, 0.1) is 10.7 Å². The maximum atomic E-state index is 5.96. The summed E-state index contributed by atoms with van der Waals surface area (Å²) >= 11 is 5.96. The Hall–Kier alpha value is -1.74. The minimum absolute atomic E-state index is 0.384. The summed E-state index contributed by atoms with van der Waals surface area (Å²) in [5.74, 6) is 0.662. The molecule has 1 aromatic carbocycles. The van der Waals surface area contributed by atoms with E-state index in [1.165, 1.54) is 0 Å². The molecule has 0 aliphatic rings. The Morgan fingerprint density at radius 1 is 1.25 bits per heavy atom. The molecular formula is C12H11ClN2O. The van der Waals surface area contributed by atoms with Crippen molar-refractivity contribution in [1.82, 2.24) is 4.98 Å². The molecule has 0 spiro atoms. The number of hydrogen-bond donors (Lipinski definition) is 1. The van der Waals surface area contributed by atoms with Gasteiger partial charge in [-0.05, 0) is 18.2 Å². The molecule has 0 fully saturated rings. The van der Waals surface area contributed by atoms with Crippen LogP contribution in [0.4, 0.5) is 5.69 Å². The van der Waals surface area contributed by atoms with Crippen molar-refractivity contribution in [3.63, 3.8) is 0 Å². The molecule has 0 saturated carbocycles. The van der Waals surface area contributed by atoms with Crippen molar-refractivity contribution in [2.75, 3.05) is 5.73 Å². The largest absolute Gasteiger partial charge is 0.487 e. The van der Waals surface area contributed by atoms with Gasteiger partial charge in [-0.15, -0.1) is 0 Å². The van der Waals surface area contributed by atoms with Gasteiger partial charge in [-0.2, -0.15) is 0 Å². The van der Waals surface area contributed by atoms with E-state index in [2.05, 4.69) is 4.98 Å². The molecule has 1 heterocycles. The van der Waals surface area contributed by atoms with Gasteiger partial charge in [-0.25, -0.2) is 0 Å². The predicted molar refractivity (Wildman–Crippen MR) is 64.4 cm³/mol. The lowest BCUT2D eigenvalue weighted by molar-refractivity contribution is 0.308. The van der Waals surface area contributed by atoms with Crippen molar-refractivity contribution in [2.45, 2.75) is 6.61 Å². The van der Waals surface area contributed by atoms with E-state index >= 15 is 0 Å². The molecule has 0 bridgehead atoms. The van der Waals surface area contributed by atoms with Crippen LogP contribution in [0.1, 0.15) is 5.56 Å². The summed E-state index contributed by atoms with van der Waals surface area (Å²) in [6, 6.07) is 9.18. The fraction of sp³-hybridized carbons (Fsp3) is 0.0833. The molecular weight excluding hydrogens is 224 g/mol. The van der Waals surface area contributed by atoms with E-state index < -0.39 is 0 Å². The highest BCUT2D eigenvalue weighted by Gasteiger charge is 2.02. The molecule has 1 aromatic heterocycles. The summed E-state index contributed by atoms with van der Waals surface area (Å²) in [5.41, 5.74) is 7.26. The van der Waals surface area contributed by atoms with E-state index in [9.17, 15) is 0 Å². The third kappa shape index (κ3) is 2.44. The van der Waals surface area contributed by atoms with E-state index in [1.54, 1.807) is 18.5 Å². The lowest BCUT2D eigenvalue weighted by Gasteiger charge is -2.09. The Morgan fingerprint density at radius 3 is 2.81 bits per heavy atom. The minimum Gasteiger partial charge on any atom is -0.487 e. The first-order chi connectivity index (χ1) is 7.77. The SMILES string of the molecule is Nc1ccccc1OCc1ccncc1Cl. The van der Waals surface area contributed by atoms with Crippen molar-refractivity contribution >= 4 is 17.3 Å². The minimum atomic E-state index is 0.384. The lowest BCUT2D eigenvalue weighted by Crippen LogP contribution is -1.99. The molecule has 0 aliphatic carbocycles. The standard InChI is InChI=1S/C12H11ClN2O/c13-10-7-15-6-5-9(10)8-16-12-4-2-1-3-11(12)14/h1-7H,8,14H2. The molecule has 0 saturated heterocycles. The van der Waals surface area contributed by atoms with E-state index in [4.69, 9.17) is 22.1 Å². The Balaban J connectivity index is 2.09. The zero-order chi connectivity index (χ0) is 11.4. The van der Waals surface area contributed by atoms with Crippen molar-refractivity contribution in [3.05, 3.63) is 53.3 Å². The van der Waals surface area contributed by atoms with E-state index in [1.807, 2.05) is 24.3 Å². The van der Waals surface area contributed by atoms with E-state index in [0.717, 1.165) is 5.56 Å². The number of rotatable bonds is 3. The van der Waals surface area contributed by atoms with Crippen LogP contribution in [0.15, 0.2) is 42.7 Å². The summed E-state index contributed by atoms with van der Waals surface area (Å²) in [7, 11) is 0. The van der Waals surface area contributed by atoms with Gasteiger partial charge in [-0.1, -0.05) is 23.7 Å². The van der Waals surface area contributed by atoms with Crippen LogP contribution >= 0.6 is 11.6 Å². The third-order valence-corrected chi connectivity index (χ3v) is 2.50. The fourth-order valence-electron chi connectivity index (χ4n) is 1.29. The Bertz CT molecular complexity index is 442. The van der Waals surface area contributed by atoms with Gasteiger partial charge >= 0.3 is 0 Å². The van der Waals surface area contributed by atoms with Crippen molar-refractivity contribution < 1.29 is 4.74 Å². The average molecular weight is 235 g/mol. The second-order valence-corrected chi connectivity index (χ2v) is 3.70. The maximum Gasteiger partial charge on any atom is 0.142 e. The molecule has 3 nitrogen and oxygen atoms in total. The van der Waals surface area contributed by atoms with Crippen molar-refractivity contribution in [1.29, 1.82) is 0 Å². The highest BCUT2D eigenvalue weighted by Crippen LogP contribution is 2.22. The van der Waals surface area contributed by atoms with Crippen LogP contribution < -0.4 is 10.5 Å². The van der Waals surface area contributed by atoms with E-state index in [-0.39, 0.29) is 0 Å². The van der Waals surface area contributed by atoms with Crippen LogP contribution in [-0.4, -0.2) is 4.98 Å². The average Bonchev–Trinajstić information content (AvgIpc) is 2.30. The molecule has 82 valence electrons. The summed E-state index contributed by atoms with van der Waals surface area (Å²) < 4.78 is 5.57. The molecule has 16 heavy (non-hydrogen) atoms. The number of benzene rings is 1. The smallest absolute Gasteiger partial charge is 0.142 e. The van der Waals surface area contributed by atoms with Gasteiger partial charge in [0.15, 0.2) is 0 Å². The zero-order valence-electron chi connectivity index (χ0n) is 8.56. The van der Waals surface area contributed by atoms with Crippen LogP contribution in [0.25, 0.3) is 0 Å². The van der Waals surface area contributed by atoms with Gasteiger partial charge in [0.2, 0.25) is 0 Å². The predicted octanol–water partition coefficient (Wildman–Crippen LogP) is 2.90. The molecule has 0 atom stereocenters. The molecule has 2 rings (SSSR count). The highest BCUT2D eigenvalue weighted by atomic mass is 35.5. The number of nitrogens with two attached hydrogens (primary N) is 1. The van der Waals surface area contributed by atoms with Crippen LogP contribution in [0.5, 0.6) is 5.75 Å². The molecule has 2 aromatic rings. The quantitative estimate of drug-likeness (QED) is 0.831. The van der Waals surface area contributed by atoms with Gasteiger partial charge in [0, 0.05) is 18.0 Å². The normalized spacial score (nSPS) is 10.1.